The largest absolute Gasteiger partial charge is 0.477 e. The molecule has 27 heavy (non-hydrogen) atoms. The number of aromatic nitrogens is 1. The summed E-state index contributed by atoms with van der Waals surface area (Å²) in [6.07, 6.45) is 1.63. The van der Waals surface area contributed by atoms with Gasteiger partial charge in [0.05, 0.1) is 13.2 Å². The van der Waals surface area contributed by atoms with Crippen molar-refractivity contribution < 1.29 is 19.1 Å². The molecule has 1 aliphatic heterocycles. The van der Waals surface area contributed by atoms with Crippen molar-refractivity contribution >= 4 is 40.6 Å². The van der Waals surface area contributed by atoms with Gasteiger partial charge in [0.15, 0.2) is 5.58 Å². The SMILES string of the molecule is O=C(O)/C(=C\c1ccc(N2CCOCC2)cc1)Sc1nc2ccccc2o1. The van der Waals surface area contributed by atoms with Gasteiger partial charge >= 0.3 is 5.97 Å². The molecule has 1 aromatic heterocycles. The highest BCUT2D eigenvalue weighted by atomic mass is 32.2. The molecular formula is C20H18N2O4S. The van der Waals surface area contributed by atoms with Crippen molar-refractivity contribution in [2.75, 3.05) is 31.2 Å². The third kappa shape index (κ3) is 4.15. The number of aliphatic carboxylic acids is 1. The minimum Gasteiger partial charge on any atom is -0.477 e. The van der Waals surface area contributed by atoms with E-state index in [-0.39, 0.29) is 4.91 Å². The smallest absolute Gasteiger partial charge is 0.342 e. The molecule has 0 unspecified atom stereocenters. The van der Waals surface area contributed by atoms with Crippen LogP contribution in [0.1, 0.15) is 5.56 Å². The zero-order valence-corrected chi connectivity index (χ0v) is 15.3. The predicted molar refractivity (Wildman–Crippen MR) is 105 cm³/mol. The average Bonchev–Trinajstić information content (AvgIpc) is 3.11. The van der Waals surface area contributed by atoms with E-state index in [4.69, 9.17) is 9.15 Å². The summed E-state index contributed by atoms with van der Waals surface area (Å²) in [6, 6.07) is 15.2. The summed E-state index contributed by atoms with van der Waals surface area (Å²) < 4.78 is 11.0. The van der Waals surface area contributed by atoms with Gasteiger partial charge in [-0.15, -0.1) is 0 Å². The molecule has 3 aromatic rings. The predicted octanol–water partition coefficient (Wildman–Crippen LogP) is 3.88. The lowest BCUT2D eigenvalue weighted by Gasteiger charge is -2.28. The van der Waals surface area contributed by atoms with Crippen molar-refractivity contribution in [2.45, 2.75) is 5.22 Å². The second kappa shape index (κ2) is 7.85. The van der Waals surface area contributed by atoms with E-state index in [1.54, 1.807) is 12.1 Å². The molecule has 4 rings (SSSR count). The zero-order chi connectivity index (χ0) is 18.6. The van der Waals surface area contributed by atoms with Crippen LogP contribution in [0.25, 0.3) is 17.2 Å². The van der Waals surface area contributed by atoms with Crippen LogP contribution in [-0.2, 0) is 9.53 Å². The number of carbonyl (C=O) groups is 1. The summed E-state index contributed by atoms with van der Waals surface area (Å²) in [5.41, 5.74) is 3.27. The van der Waals surface area contributed by atoms with Gasteiger partial charge < -0.3 is 19.2 Å². The van der Waals surface area contributed by atoms with Crippen molar-refractivity contribution in [1.82, 2.24) is 4.98 Å². The van der Waals surface area contributed by atoms with Gasteiger partial charge in [0, 0.05) is 18.8 Å². The highest BCUT2D eigenvalue weighted by Gasteiger charge is 2.15. The summed E-state index contributed by atoms with van der Waals surface area (Å²) in [4.78, 5) is 18.4. The van der Waals surface area contributed by atoms with Gasteiger partial charge in [-0.3, -0.25) is 0 Å². The molecule has 0 spiro atoms. The van der Waals surface area contributed by atoms with Crippen LogP contribution in [0.2, 0.25) is 0 Å². The van der Waals surface area contributed by atoms with Crippen LogP contribution in [0.4, 0.5) is 5.69 Å². The number of hydrogen-bond acceptors (Lipinski definition) is 6. The van der Waals surface area contributed by atoms with E-state index in [0.29, 0.717) is 16.3 Å². The minimum absolute atomic E-state index is 0.153. The maximum Gasteiger partial charge on any atom is 0.342 e. The molecule has 2 aromatic carbocycles. The highest BCUT2D eigenvalue weighted by molar-refractivity contribution is 8.03. The van der Waals surface area contributed by atoms with Crippen LogP contribution in [0, 0.1) is 0 Å². The van der Waals surface area contributed by atoms with Crippen LogP contribution >= 0.6 is 11.8 Å². The fraction of sp³-hybridized carbons (Fsp3) is 0.200. The first-order valence-corrected chi connectivity index (χ1v) is 9.42. The van der Waals surface area contributed by atoms with E-state index in [1.807, 2.05) is 42.5 Å². The zero-order valence-electron chi connectivity index (χ0n) is 14.5. The molecule has 1 aliphatic rings. The lowest BCUT2D eigenvalue weighted by atomic mass is 10.1. The summed E-state index contributed by atoms with van der Waals surface area (Å²) in [5.74, 6) is -1.01. The van der Waals surface area contributed by atoms with Gasteiger partial charge in [-0.25, -0.2) is 9.78 Å². The standard InChI is InChI=1S/C20H18N2O4S/c23-19(24)18(27-20-21-16-3-1-2-4-17(16)26-20)13-14-5-7-15(8-6-14)22-9-11-25-12-10-22/h1-8,13H,9-12H2,(H,23,24)/b18-13+. The van der Waals surface area contributed by atoms with Crippen LogP contribution in [-0.4, -0.2) is 42.4 Å². The molecule has 0 atom stereocenters. The Hall–Kier alpha value is -2.77. The fourth-order valence-electron chi connectivity index (χ4n) is 2.88. The maximum absolute atomic E-state index is 11.7. The number of rotatable bonds is 5. The van der Waals surface area contributed by atoms with Gasteiger partial charge in [-0.2, -0.15) is 0 Å². The third-order valence-electron chi connectivity index (χ3n) is 4.25. The van der Waals surface area contributed by atoms with Crippen molar-refractivity contribution in [1.29, 1.82) is 0 Å². The van der Waals surface area contributed by atoms with Crippen molar-refractivity contribution in [3.05, 3.63) is 59.0 Å². The fourth-order valence-corrected chi connectivity index (χ4v) is 3.62. The number of fused-ring (bicyclic) bond motifs is 1. The number of benzene rings is 2. The topological polar surface area (TPSA) is 75.8 Å². The number of ether oxygens (including phenoxy) is 1. The maximum atomic E-state index is 11.7. The number of morpholine rings is 1. The Morgan fingerprint density at radius 3 is 2.56 bits per heavy atom. The molecule has 0 radical (unpaired) electrons. The molecule has 0 bridgehead atoms. The first-order valence-electron chi connectivity index (χ1n) is 8.60. The third-order valence-corrected chi connectivity index (χ3v) is 5.11. The second-order valence-corrected chi connectivity index (χ2v) is 7.05. The molecule has 0 saturated carbocycles. The number of oxazole rings is 1. The van der Waals surface area contributed by atoms with Crippen LogP contribution in [0.15, 0.2) is 63.1 Å². The number of nitrogens with zero attached hydrogens (tertiary/aromatic N) is 2. The normalized spacial score (nSPS) is 15.3. The van der Waals surface area contributed by atoms with E-state index in [2.05, 4.69) is 9.88 Å². The number of carboxylic acid groups (broad SMARTS) is 1. The monoisotopic (exact) mass is 382 g/mol. The lowest BCUT2D eigenvalue weighted by Crippen LogP contribution is -2.36. The first-order chi connectivity index (χ1) is 13.2. The molecular weight excluding hydrogens is 364 g/mol. The minimum atomic E-state index is -1.01. The molecule has 1 N–H and O–H groups in total. The Balaban J connectivity index is 1.54. The molecule has 6 nitrogen and oxygen atoms in total. The van der Waals surface area contributed by atoms with Gasteiger partial charge in [0.25, 0.3) is 5.22 Å². The highest BCUT2D eigenvalue weighted by Crippen LogP contribution is 2.31. The molecule has 1 saturated heterocycles. The van der Waals surface area contributed by atoms with E-state index in [1.165, 1.54) is 0 Å². The Morgan fingerprint density at radius 2 is 1.85 bits per heavy atom. The van der Waals surface area contributed by atoms with E-state index in [9.17, 15) is 9.90 Å². The Bertz CT molecular complexity index is 942. The number of carboxylic acids is 1. The Labute approximate surface area is 160 Å². The quantitative estimate of drug-likeness (QED) is 0.530. The number of para-hydroxylation sites is 2. The van der Waals surface area contributed by atoms with Crippen LogP contribution < -0.4 is 4.90 Å². The Kier molecular flexibility index (Phi) is 5.13. The molecule has 1 fully saturated rings. The van der Waals surface area contributed by atoms with Crippen LogP contribution in [0.3, 0.4) is 0 Å². The van der Waals surface area contributed by atoms with Crippen molar-refractivity contribution in [3.8, 4) is 0 Å². The number of anilines is 1. The van der Waals surface area contributed by atoms with Crippen molar-refractivity contribution in [3.63, 3.8) is 0 Å². The molecule has 138 valence electrons. The Morgan fingerprint density at radius 1 is 1.11 bits per heavy atom. The molecule has 7 heteroatoms. The van der Waals surface area contributed by atoms with E-state index >= 15 is 0 Å². The summed E-state index contributed by atoms with van der Waals surface area (Å²) in [5, 5.41) is 9.86. The lowest BCUT2D eigenvalue weighted by molar-refractivity contribution is -0.131. The number of hydrogen-bond donors (Lipinski definition) is 1. The van der Waals surface area contributed by atoms with E-state index < -0.39 is 5.97 Å². The van der Waals surface area contributed by atoms with Gasteiger partial charge in [-0.05, 0) is 47.7 Å². The number of thioether (sulfide) groups is 1. The molecule has 0 aliphatic carbocycles. The molecule has 0 amide bonds. The van der Waals surface area contributed by atoms with E-state index in [0.717, 1.165) is 49.3 Å². The first kappa shape index (κ1) is 17.6. The average molecular weight is 382 g/mol. The van der Waals surface area contributed by atoms with Gasteiger partial charge in [0.2, 0.25) is 0 Å². The summed E-state index contributed by atoms with van der Waals surface area (Å²) >= 11 is 1.01. The van der Waals surface area contributed by atoms with Gasteiger partial charge in [-0.1, -0.05) is 24.3 Å². The summed E-state index contributed by atoms with van der Waals surface area (Å²) in [7, 11) is 0. The van der Waals surface area contributed by atoms with Gasteiger partial charge in [0.1, 0.15) is 10.4 Å². The van der Waals surface area contributed by atoms with Crippen molar-refractivity contribution in [2.24, 2.45) is 0 Å². The summed E-state index contributed by atoms with van der Waals surface area (Å²) in [6.45, 7) is 3.18. The van der Waals surface area contributed by atoms with Crippen LogP contribution in [0.5, 0.6) is 0 Å². The second-order valence-electron chi connectivity index (χ2n) is 6.05. The molecule has 2 heterocycles.